The number of aromatic nitrogens is 4. The number of morpholine rings is 1. The van der Waals surface area contributed by atoms with Crippen LogP contribution in [0.4, 0.5) is 15.9 Å². The third kappa shape index (κ3) is 6.72. The highest BCUT2D eigenvalue weighted by atomic mass is 32.1. The SMILES string of the molecule is CN(C)C(=O)c1ccc(Oc2nc(-c3cnc(N(C)C(=O)OC(C)(C)C)s3)nc(N3CCOCC3)n2)cc1. The van der Waals surface area contributed by atoms with Gasteiger partial charge in [-0.25, -0.2) is 9.78 Å². The van der Waals surface area contributed by atoms with Gasteiger partial charge in [0.15, 0.2) is 11.0 Å². The zero-order valence-electron chi connectivity index (χ0n) is 22.3. The number of hydrogen-bond acceptors (Lipinski definition) is 11. The molecule has 3 heterocycles. The zero-order chi connectivity index (χ0) is 27.4. The molecule has 0 bridgehead atoms. The fraction of sp³-hybridized carbons (Fsp3) is 0.440. The second kappa shape index (κ2) is 11.3. The average molecular weight is 542 g/mol. The van der Waals surface area contributed by atoms with Gasteiger partial charge >= 0.3 is 12.1 Å². The summed E-state index contributed by atoms with van der Waals surface area (Å²) in [6.07, 6.45) is 1.09. The molecule has 202 valence electrons. The molecule has 1 aromatic carbocycles. The largest absolute Gasteiger partial charge is 0.443 e. The molecule has 0 spiro atoms. The molecule has 0 unspecified atom stereocenters. The minimum absolute atomic E-state index is 0.0959. The van der Waals surface area contributed by atoms with Crippen molar-refractivity contribution in [2.75, 3.05) is 57.2 Å². The molecular weight excluding hydrogens is 510 g/mol. The Morgan fingerprint density at radius 2 is 1.71 bits per heavy atom. The van der Waals surface area contributed by atoms with Crippen LogP contribution in [0.15, 0.2) is 30.5 Å². The smallest absolute Gasteiger partial charge is 0.416 e. The molecule has 12 nitrogen and oxygen atoms in total. The van der Waals surface area contributed by atoms with Crippen molar-refractivity contribution in [1.82, 2.24) is 24.8 Å². The van der Waals surface area contributed by atoms with Crippen LogP contribution in [0, 0.1) is 0 Å². The van der Waals surface area contributed by atoms with Gasteiger partial charge in [0, 0.05) is 39.8 Å². The first-order valence-electron chi connectivity index (χ1n) is 12.0. The van der Waals surface area contributed by atoms with E-state index in [0.717, 1.165) is 0 Å². The standard InChI is InChI=1S/C25H31N7O5S/c1-25(2,3)37-24(34)31(6)23-26-15-18(38-23)19-27-21(32-11-13-35-14-12-32)29-22(28-19)36-17-9-7-16(8-10-17)20(33)30(4)5/h7-10,15H,11-14H2,1-6H3. The van der Waals surface area contributed by atoms with Gasteiger partial charge in [0.05, 0.1) is 24.3 Å². The van der Waals surface area contributed by atoms with E-state index in [-0.39, 0.29) is 11.9 Å². The number of benzene rings is 1. The number of amides is 2. The van der Waals surface area contributed by atoms with Crippen molar-refractivity contribution in [1.29, 1.82) is 0 Å². The van der Waals surface area contributed by atoms with E-state index in [0.29, 0.717) is 59.4 Å². The van der Waals surface area contributed by atoms with Crippen LogP contribution in [0.2, 0.25) is 0 Å². The van der Waals surface area contributed by atoms with Crippen LogP contribution in [0.25, 0.3) is 10.7 Å². The molecule has 1 fully saturated rings. The molecule has 0 atom stereocenters. The number of anilines is 2. The van der Waals surface area contributed by atoms with Gasteiger partial charge in [-0.15, -0.1) is 0 Å². The number of thiazole rings is 1. The van der Waals surface area contributed by atoms with Crippen molar-refractivity contribution in [3.8, 4) is 22.5 Å². The highest BCUT2D eigenvalue weighted by Crippen LogP contribution is 2.32. The first-order chi connectivity index (χ1) is 18.0. The van der Waals surface area contributed by atoms with E-state index >= 15 is 0 Å². The van der Waals surface area contributed by atoms with Gasteiger partial charge in [0.25, 0.3) is 5.91 Å². The van der Waals surface area contributed by atoms with E-state index < -0.39 is 11.7 Å². The molecular formula is C25H31N7O5S. The van der Waals surface area contributed by atoms with Gasteiger partial charge in [0.2, 0.25) is 5.95 Å². The fourth-order valence-corrected chi connectivity index (χ4v) is 4.17. The maximum Gasteiger partial charge on any atom is 0.416 e. The summed E-state index contributed by atoms with van der Waals surface area (Å²) in [7, 11) is 4.99. The normalized spacial score (nSPS) is 13.7. The third-order valence-electron chi connectivity index (χ3n) is 5.28. The second-order valence-electron chi connectivity index (χ2n) is 9.71. The summed E-state index contributed by atoms with van der Waals surface area (Å²) >= 11 is 1.25. The first-order valence-corrected chi connectivity index (χ1v) is 12.8. The minimum Gasteiger partial charge on any atom is -0.443 e. The van der Waals surface area contributed by atoms with Gasteiger partial charge in [-0.1, -0.05) is 11.3 Å². The molecule has 2 amide bonds. The topological polar surface area (TPSA) is 123 Å². The number of hydrogen-bond donors (Lipinski definition) is 0. The number of nitrogens with zero attached hydrogens (tertiary/aromatic N) is 7. The molecule has 2 aromatic heterocycles. The van der Waals surface area contributed by atoms with Gasteiger partial charge in [0.1, 0.15) is 11.4 Å². The Kier molecular flexibility index (Phi) is 8.07. The number of carbonyl (C=O) groups is 2. The van der Waals surface area contributed by atoms with Gasteiger partial charge in [-0.05, 0) is 45.0 Å². The maximum atomic E-state index is 12.5. The van der Waals surface area contributed by atoms with E-state index in [1.54, 1.807) is 72.4 Å². The quantitative estimate of drug-likeness (QED) is 0.456. The fourth-order valence-electron chi connectivity index (χ4n) is 3.37. The van der Waals surface area contributed by atoms with Crippen molar-refractivity contribution >= 4 is 34.4 Å². The number of ether oxygens (including phenoxy) is 3. The Morgan fingerprint density at radius 3 is 2.34 bits per heavy atom. The van der Waals surface area contributed by atoms with Crippen molar-refractivity contribution in [3.05, 3.63) is 36.0 Å². The predicted octanol–water partition coefficient (Wildman–Crippen LogP) is 3.70. The van der Waals surface area contributed by atoms with Crippen molar-refractivity contribution in [2.45, 2.75) is 26.4 Å². The molecule has 38 heavy (non-hydrogen) atoms. The maximum absolute atomic E-state index is 12.5. The van der Waals surface area contributed by atoms with Gasteiger partial charge in [-0.3, -0.25) is 9.69 Å². The lowest BCUT2D eigenvalue weighted by atomic mass is 10.2. The first kappa shape index (κ1) is 27.2. The Balaban J connectivity index is 1.62. The van der Waals surface area contributed by atoms with Crippen LogP contribution < -0.4 is 14.5 Å². The molecule has 0 N–H and O–H groups in total. The van der Waals surface area contributed by atoms with Crippen molar-refractivity contribution < 1.29 is 23.8 Å². The van der Waals surface area contributed by atoms with E-state index in [2.05, 4.69) is 19.9 Å². The molecule has 0 saturated carbocycles. The molecule has 0 radical (unpaired) electrons. The molecule has 1 aliphatic rings. The van der Waals surface area contributed by atoms with Crippen LogP contribution in [0.3, 0.4) is 0 Å². The Labute approximate surface area is 225 Å². The number of carbonyl (C=O) groups excluding carboxylic acids is 2. The lowest BCUT2D eigenvalue weighted by Gasteiger charge is -2.26. The van der Waals surface area contributed by atoms with Crippen molar-refractivity contribution in [3.63, 3.8) is 0 Å². The molecule has 1 aliphatic heterocycles. The zero-order valence-corrected chi connectivity index (χ0v) is 23.1. The summed E-state index contributed by atoms with van der Waals surface area (Å²) in [4.78, 5) is 48.2. The highest BCUT2D eigenvalue weighted by Gasteiger charge is 2.24. The van der Waals surface area contributed by atoms with Gasteiger partial charge < -0.3 is 24.0 Å². The lowest BCUT2D eigenvalue weighted by Crippen LogP contribution is -2.37. The number of rotatable bonds is 6. The van der Waals surface area contributed by atoms with Crippen molar-refractivity contribution in [2.24, 2.45) is 0 Å². The summed E-state index contributed by atoms with van der Waals surface area (Å²) in [6, 6.07) is 6.85. The Bertz CT molecular complexity index is 1280. The van der Waals surface area contributed by atoms with Crippen LogP contribution >= 0.6 is 11.3 Å². The van der Waals surface area contributed by atoms with Gasteiger partial charge in [-0.2, -0.15) is 15.0 Å². The summed E-state index contributed by atoms with van der Waals surface area (Å²) in [6.45, 7) is 7.78. The minimum atomic E-state index is -0.628. The third-order valence-corrected chi connectivity index (χ3v) is 6.35. The highest BCUT2D eigenvalue weighted by molar-refractivity contribution is 7.19. The molecule has 4 rings (SSSR count). The monoisotopic (exact) mass is 541 g/mol. The van der Waals surface area contributed by atoms with E-state index in [1.165, 1.54) is 21.1 Å². The lowest BCUT2D eigenvalue weighted by molar-refractivity contribution is 0.0589. The Morgan fingerprint density at radius 1 is 1.03 bits per heavy atom. The van der Waals surface area contributed by atoms with Crippen LogP contribution in [-0.2, 0) is 9.47 Å². The summed E-state index contributed by atoms with van der Waals surface area (Å²) in [5.41, 5.74) is -0.0874. The van der Waals surface area contributed by atoms with E-state index in [9.17, 15) is 9.59 Å². The van der Waals surface area contributed by atoms with E-state index in [1.807, 2.05) is 4.90 Å². The second-order valence-corrected chi connectivity index (χ2v) is 10.7. The van der Waals surface area contributed by atoms with Crippen LogP contribution in [0.5, 0.6) is 11.8 Å². The summed E-state index contributed by atoms with van der Waals surface area (Å²) in [5, 5.41) is 0.436. The Hall–Kier alpha value is -3.84. The van der Waals surface area contributed by atoms with Crippen LogP contribution in [0.1, 0.15) is 31.1 Å². The summed E-state index contributed by atoms with van der Waals surface area (Å²) < 4.78 is 16.9. The molecule has 3 aromatic rings. The average Bonchev–Trinajstić information content (AvgIpc) is 3.38. The summed E-state index contributed by atoms with van der Waals surface area (Å²) in [5.74, 6) is 1.17. The predicted molar refractivity (Wildman–Crippen MR) is 143 cm³/mol. The molecule has 13 heteroatoms. The molecule has 1 saturated heterocycles. The van der Waals surface area contributed by atoms with E-state index in [4.69, 9.17) is 14.2 Å². The van der Waals surface area contributed by atoms with Crippen LogP contribution in [-0.4, -0.2) is 89.9 Å². The molecule has 0 aliphatic carbocycles.